The molecule has 0 saturated heterocycles. The summed E-state index contributed by atoms with van der Waals surface area (Å²) in [5.74, 6) is 2.07. The first-order valence-corrected chi connectivity index (χ1v) is 11.1. The fraction of sp³-hybridized carbons (Fsp3) is 0.632. The Morgan fingerprint density at radius 3 is 2.73 bits per heavy atom. The van der Waals surface area contributed by atoms with Crippen LogP contribution in [0.2, 0.25) is 0 Å². The van der Waals surface area contributed by atoms with Crippen molar-refractivity contribution in [2.24, 2.45) is 11.8 Å². The molecular formula is C19H28N2O4S. The number of carbonyl (C=O) groups is 1. The molecule has 1 aromatic carbocycles. The summed E-state index contributed by atoms with van der Waals surface area (Å²) in [5, 5.41) is 3.15. The lowest BCUT2D eigenvalue weighted by molar-refractivity contribution is -0.122. The van der Waals surface area contributed by atoms with Crippen molar-refractivity contribution in [2.75, 3.05) is 24.2 Å². The zero-order chi connectivity index (χ0) is 18.7. The third kappa shape index (κ3) is 4.50. The fourth-order valence-electron chi connectivity index (χ4n) is 4.34. The number of methoxy groups -OCH3 is 1. The molecule has 0 heterocycles. The monoisotopic (exact) mass is 380 g/mol. The first-order valence-electron chi connectivity index (χ1n) is 9.28. The summed E-state index contributed by atoms with van der Waals surface area (Å²) in [6.07, 6.45) is 6.90. The van der Waals surface area contributed by atoms with Gasteiger partial charge in [0.15, 0.2) is 0 Å². The standard InChI is InChI=1S/C19H28N2O4S/c1-25-17-6-3-5-16(13-17)21(26(2,23)24)10-4-7-19(22)20-18-12-14-8-9-15(18)11-14/h3,5-6,13-15,18H,4,7-12H2,1-2H3,(H,20,22)/t14-,15-,18-/m0/s1. The number of rotatable bonds is 8. The van der Waals surface area contributed by atoms with Gasteiger partial charge in [-0.3, -0.25) is 9.10 Å². The lowest BCUT2D eigenvalue weighted by Crippen LogP contribution is -2.39. The highest BCUT2D eigenvalue weighted by atomic mass is 32.2. The van der Waals surface area contributed by atoms with E-state index in [-0.39, 0.29) is 12.5 Å². The summed E-state index contributed by atoms with van der Waals surface area (Å²) in [6.45, 7) is 0.274. The maximum absolute atomic E-state index is 12.2. The second-order valence-electron chi connectivity index (χ2n) is 7.49. The highest BCUT2D eigenvalue weighted by Gasteiger charge is 2.39. The number of nitrogens with one attached hydrogen (secondary N) is 1. The van der Waals surface area contributed by atoms with E-state index in [0.717, 1.165) is 12.3 Å². The van der Waals surface area contributed by atoms with Gasteiger partial charge in [-0.25, -0.2) is 8.42 Å². The van der Waals surface area contributed by atoms with Crippen LogP contribution in [0.25, 0.3) is 0 Å². The lowest BCUT2D eigenvalue weighted by atomic mass is 9.95. The molecule has 3 rings (SSSR count). The Balaban J connectivity index is 1.54. The van der Waals surface area contributed by atoms with Gasteiger partial charge in [0.05, 0.1) is 19.1 Å². The van der Waals surface area contributed by atoms with Crippen LogP contribution < -0.4 is 14.4 Å². The average molecular weight is 381 g/mol. The summed E-state index contributed by atoms with van der Waals surface area (Å²) in [4.78, 5) is 12.2. The van der Waals surface area contributed by atoms with Crippen molar-refractivity contribution in [2.45, 2.75) is 44.6 Å². The predicted molar refractivity (Wildman–Crippen MR) is 102 cm³/mol. The normalized spacial score (nSPS) is 24.5. The molecule has 3 atom stereocenters. The van der Waals surface area contributed by atoms with Crippen LogP contribution in [0, 0.1) is 11.8 Å². The molecular weight excluding hydrogens is 352 g/mol. The molecule has 0 aromatic heterocycles. The number of hydrogen-bond acceptors (Lipinski definition) is 4. The number of amides is 1. The van der Waals surface area contributed by atoms with Crippen molar-refractivity contribution < 1.29 is 17.9 Å². The van der Waals surface area contributed by atoms with Crippen LogP contribution in [0.5, 0.6) is 5.75 Å². The van der Waals surface area contributed by atoms with Gasteiger partial charge in [0.2, 0.25) is 15.9 Å². The molecule has 26 heavy (non-hydrogen) atoms. The quantitative estimate of drug-likeness (QED) is 0.752. The molecule has 7 heteroatoms. The minimum Gasteiger partial charge on any atom is -0.497 e. The SMILES string of the molecule is COc1cccc(N(CCCC(=O)N[C@H]2C[C@H]3CC[C@H]2C3)S(C)(=O)=O)c1. The van der Waals surface area contributed by atoms with Gasteiger partial charge in [-0.05, 0) is 49.7 Å². The van der Waals surface area contributed by atoms with Gasteiger partial charge in [0, 0.05) is 25.1 Å². The Morgan fingerprint density at radius 2 is 2.12 bits per heavy atom. The molecule has 2 aliphatic carbocycles. The number of hydrogen-bond donors (Lipinski definition) is 1. The first kappa shape index (κ1) is 19.0. The average Bonchev–Trinajstić information content (AvgIpc) is 3.20. The van der Waals surface area contributed by atoms with E-state index in [1.165, 1.54) is 29.8 Å². The molecule has 2 fully saturated rings. The molecule has 1 N–H and O–H groups in total. The Labute approximate surface area is 156 Å². The fourth-order valence-corrected chi connectivity index (χ4v) is 5.29. The molecule has 0 unspecified atom stereocenters. The number of benzene rings is 1. The number of ether oxygens (including phenoxy) is 1. The first-order chi connectivity index (χ1) is 12.4. The predicted octanol–water partition coefficient (Wildman–Crippen LogP) is 2.55. The molecule has 0 radical (unpaired) electrons. The molecule has 2 aliphatic rings. The molecule has 2 saturated carbocycles. The van der Waals surface area contributed by atoms with Crippen LogP contribution in [0.4, 0.5) is 5.69 Å². The van der Waals surface area contributed by atoms with Crippen molar-refractivity contribution in [1.29, 1.82) is 0 Å². The van der Waals surface area contributed by atoms with Gasteiger partial charge in [-0.15, -0.1) is 0 Å². The molecule has 1 aromatic rings. The summed E-state index contributed by atoms with van der Waals surface area (Å²) < 4.78 is 30.8. The number of fused-ring (bicyclic) bond motifs is 2. The number of nitrogens with zero attached hydrogens (tertiary/aromatic N) is 1. The van der Waals surface area contributed by atoms with Gasteiger partial charge in [0.1, 0.15) is 5.75 Å². The molecule has 6 nitrogen and oxygen atoms in total. The van der Waals surface area contributed by atoms with Crippen molar-refractivity contribution in [3.63, 3.8) is 0 Å². The number of anilines is 1. The van der Waals surface area contributed by atoms with Crippen molar-refractivity contribution >= 4 is 21.6 Å². The second-order valence-corrected chi connectivity index (χ2v) is 9.40. The van der Waals surface area contributed by atoms with E-state index in [9.17, 15) is 13.2 Å². The van der Waals surface area contributed by atoms with Crippen molar-refractivity contribution in [3.05, 3.63) is 24.3 Å². The molecule has 1 amide bonds. The van der Waals surface area contributed by atoms with E-state index < -0.39 is 10.0 Å². The van der Waals surface area contributed by atoms with Gasteiger partial charge in [0.25, 0.3) is 0 Å². The highest BCUT2D eigenvalue weighted by Crippen LogP contribution is 2.44. The Hall–Kier alpha value is -1.76. The molecule has 0 spiro atoms. The van der Waals surface area contributed by atoms with Crippen LogP contribution in [0.1, 0.15) is 38.5 Å². The maximum atomic E-state index is 12.2. The second kappa shape index (κ2) is 7.86. The van der Waals surface area contributed by atoms with Crippen LogP contribution in [-0.2, 0) is 14.8 Å². The van der Waals surface area contributed by atoms with Crippen molar-refractivity contribution in [3.8, 4) is 5.75 Å². The van der Waals surface area contributed by atoms with Crippen LogP contribution >= 0.6 is 0 Å². The smallest absolute Gasteiger partial charge is 0.232 e. The lowest BCUT2D eigenvalue weighted by Gasteiger charge is -2.24. The van der Waals surface area contributed by atoms with Gasteiger partial charge in [-0.1, -0.05) is 12.5 Å². The topological polar surface area (TPSA) is 75.7 Å². The minimum atomic E-state index is -3.42. The van der Waals surface area contributed by atoms with E-state index in [1.54, 1.807) is 31.4 Å². The van der Waals surface area contributed by atoms with Gasteiger partial charge >= 0.3 is 0 Å². The summed E-state index contributed by atoms with van der Waals surface area (Å²) in [6, 6.07) is 7.28. The van der Waals surface area contributed by atoms with Gasteiger partial charge in [-0.2, -0.15) is 0 Å². The van der Waals surface area contributed by atoms with E-state index in [1.807, 2.05) is 0 Å². The summed E-state index contributed by atoms with van der Waals surface area (Å²) >= 11 is 0. The minimum absolute atomic E-state index is 0.0293. The van der Waals surface area contributed by atoms with Crippen molar-refractivity contribution in [1.82, 2.24) is 5.32 Å². The molecule has 144 valence electrons. The Bertz CT molecular complexity index is 750. The van der Waals surface area contributed by atoms with Crippen LogP contribution in [-0.4, -0.2) is 40.3 Å². The van der Waals surface area contributed by atoms with Gasteiger partial charge < -0.3 is 10.1 Å². The highest BCUT2D eigenvalue weighted by molar-refractivity contribution is 7.92. The van der Waals surface area contributed by atoms with E-state index in [2.05, 4.69) is 5.32 Å². The zero-order valence-corrected chi connectivity index (χ0v) is 16.3. The maximum Gasteiger partial charge on any atom is 0.232 e. The van der Waals surface area contributed by atoms with E-state index >= 15 is 0 Å². The number of carbonyl (C=O) groups excluding carboxylic acids is 1. The van der Waals surface area contributed by atoms with Crippen LogP contribution in [0.3, 0.4) is 0 Å². The number of sulfonamides is 1. The molecule has 0 aliphatic heterocycles. The largest absolute Gasteiger partial charge is 0.497 e. The van der Waals surface area contributed by atoms with E-state index in [4.69, 9.17) is 4.74 Å². The summed E-state index contributed by atoms with van der Waals surface area (Å²) in [5.41, 5.74) is 0.556. The Morgan fingerprint density at radius 1 is 1.31 bits per heavy atom. The molecule has 2 bridgehead atoms. The van der Waals surface area contributed by atoms with Crippen LogP contribution in [0.15, 0.2) is 24.3 Å². The Kier molecular flexibility index (Phi) is 5.75. The van der Waals surface area contributed by atoms with E-state index in [0.29, 0.717) is 36.2 Å². The third-order valence-corrected chi connectivity index (χ3v) is 6.79. The third-order valence-electron chi connectivity index (χ3n) is 5.59. The summed E-state index contributed by atoms with van der Waals surface area (Å²) in [7, 11) is -1.88. The zero-order valence-electron chi connectivity index (χ0n) is 15.5.